The standard InChI is InChI=1S/C30H36ClN5O2/c1-6-8-27(37)35-16-7-9-24(19-35)36-26-15-10-21(18-32-20(2)30(3,4)5)17-25(26)33-29(36)34-28(38)22-11-13-23(31)14-12-22/h10-15,17,20,24,32H,7,9,16,18-19H2,1-5H3,(H,33,34,38). The van der Waals surface area contributed by atoms with Crippen molar-refractivity contribution >= 4 is 40.4 Å². The molecular weight excluding hydrogens is 498 g/mol. The highest BCUT2D eigenvalue weighted by Crippen LogP contribution is 2.31. The molecule has 2 amide bonds. The molecule has 2 N–H and O–H groups in total. The Kier molecular flexibility index (Phi) is 8.44. The fraction of sp³-hybridized carbons (Fsp3) is 0.433. The summed E-state index contributed by atoms with van der Waals surface area (Å²) in [6.07, 6.45) is 1.71. The van der Waals surface area contributed by atoms with Crippen LogP contribution in [0.1, 0.15) is 69.4 Å². The van der Waals surface area contributed by atoms with Gasteiger partial charge < -0.3 is 14.8 Å². The minimum Gasteiger partial charge on any atom is -0.330 e. The summed E-state index contributed by atoms with van der Waals surface area (Å²) >= 11 is 6.01. The van der Waals surface area contributed by atoms with Crippen LogP contribution in [-0.2, 0) is 11.3 Å². The van der Waals surface area contributed by atoms with Crippen molar-refractivity contribution in [2.75, 3.05) is 18.4 Å². The van der Waals surface area contributed by atoms with E-state index in [2.05, 4.69) is 72.9 Å². The lowest BCUT2D eigenvalue weighted by atomic mass is 9.88. The highest BCUT2D eigenvalue weighted by atomic mass is 35.5. The van der Waals surface area contributed by atoms with Gasteiger partial charge in [-0.25, -0.2) is 4.98 Å². The lowest BCUT2D eigenvalue weighted by Gasteiger charge is -2.33. The molecule has 0 spiro atoms. The molecule has 2 unspecified atom stereocenters. The molecule has 1 aliphatic rings. The summed E-state index contributed by atoms with van der Waals surface area (Å²) in [5.74, 6) is 5.39. The van der Waals surface area contributed by atoms with E-state index in [-0.39, 0.29) is 23.3 Å². The zero-order valence-corrected chi connectivity index (χ0v) is 23.5. The molecule has 4 rings (SSSR count). The number of imidazole rings is 1. The molecule has 0 aliphatic carbocycles. The number of aromatic nitrogens is 2. The van der Waals surface area contributed by atoms with E-state index in [0.29, 0.717) is 35.7 Å². The summed E-state index contributed by atoms with van der Waals surface area (Å²) in [6, 6.07) is 13.3. The quantitative estimate of drug-likeness (QED) is 0.401. The summed E-state index contributed by atoms with van der Waals surface area (Å²) in [6.45, 7) is 12.4. The number of benzene rings is 2. The molecule has 7 nitrogen and oxygen atoms in total. The number of amides is 2. The third-order valence-electron chi connectivity index (χ3n) is 7.28. The highest BCUT2D eigenvalue weighted by molar-refractivity contribution is 6.30. The van der Waals surface area contributed by atoms with Gasteiger partial charge in [-0.1, -0.05) is 44.4 Å². The number of fused-ring (bicyclic) bond motifs is 1. The van der Waals surface area contributed by atoms with Crippen LogP contribution in [0.25, 0.3) is 11.0 Å². The molecule has 0 bridgehead atoms. The number of carbonyl (C=O) groups excluding carboxylic acids is 2. The first kappa shape index (κ1) is 27.7. The molecule has 38 heavy (non-hydrogen) atoms. The summed E-state index contributed by atoms with van der Waals surface area (Å²) in [5, 5.41) is 7.19. The van der Waals surface area contributed by atoms with E-state index in [1.165, 1.54) is 0 Å². The van der Waals surface area contributed by atoms with Crippen LogP contribution in [0.5, 0.6) is 0 Å². The predicted molar refractivity (Wildman–Crippen MR) is 153 cm³/mol. The number of hydrogen-bond donors (Lipinski definition) is 2. The normalized spacial score (nSPS) is 16.6. The van der Waals surface area contributed by atoms with Gasteiger partial charge in [-0.2, -0.15) is 0 Å². The third-order valence-corrected chi connectivity index (χ3v) is 7.53. The lowest BCUT2D eigenvalue weighted by Crippen LogP contribution is -2.40. The first-order chi connectivity index (χ1) is 18.1. The van der Waals surface area contributed by atoms with Crippen LogP contribution in [0.15, 0.2) is 42.5 Å². The number of rotatable bonds is 6. The number of nitrogens with one attached hydrogen (secondary N) is 2. The molecule has 2 aromatic carbocycles. The highest BCUT2D eigenvalue weighted by Gasteiger charge is 2.28. The van der Waals surface area contributed by atoms with Gasteiger partial charge in [0, 0.05) is 36.3 Å². The van der Waals surface area contributed by atoms with Crippen LogP contribution in [0.3, 0.4) is 0 Å². The molecule has 8 heteroatoms. The number of hydrogen-bond acceptors (Lipinski definition) is 4. The summed E-state index contributed by atoms with van der Waals surface area (Å²) < 4.78 is 2.07. The van der Waals surface area contributed by atoms with Crippen molar-refractivity contribution in [3.63, 3.8) is 0 Å². The maximum atomic E-state index is 13.1. The van der Waals surface area contributed by atoms with Crippen LogP contribution in [-0.4, -0.2) is 45.4 Å². The monoisotopic (exact) mass is 533 g/mol. The van der Waals surface area contributed by atoms with E-state index < -0.39 is 0 Å². The van der Waals surface area contributed by atoms with Crippen LogP contribution in [0.2, 0.25) is 5.02 Å². The van der Waals surface area contributed by atoms with Gasteiger partial charge in [0.25, 0.3) is 11.8 Å². The van der Waals surface area contributed by atoms with Crippen molar-refractivity contribution in [3.8, 4) is 11.8 Å². The third kappa shape index (κ3) is 6.38. The minimum absolute atomic E-state index is 0.0400. The Hall–Kier alpha value is -3.34. The number of anilines is 1. The zero-order valence-electron chi connectivity index (χ0n) is 22.8. The summed E-state index contributed by atoms with van der Waals surface area (Å²) in [4.78, 5) is 32.3. The molecule has 200 valence electrons. The molecule has 0 saturated carbocycles. The van der Waals surface area contributed by atoms with Crippen molar-refractivity contribution in [2.24, 2.45) is 5.41 Å². The fourth-order valence-corrected chi connectivity index (χ4v) is 4.73. The van der Waals surface area contributed by atoms with Crippen molar-refractivity contribution in [1.82, 2.24) is 19.8 Å². The second-order valence-electron chi connectivity index (χ2n) is 11.0. The van der Waals surface area contributed by atoms with Gasteiger partial charge in [-0.15, -0.1) is 0 Å². The fourth-order valence-electron chi connectivity index (χ4n) is 4.60. The van der Waals surface area contributed by atoms with E-state index in [0.717, 1.165) is 36.0 Å². The van der Waals surface area contributed by atoms with E-state index in [1.54, 1.807) is 36.1 Å². The average molecular weight is 534 g/mol. The molecule has 1 saturated heterocycles. The Bertz CT molecular complexity index is 1380. The summed E-state index contributed by atoms with van der Waals surface area (Å²) in [5.41, 5.74) is 3.48. The Morgan fingerprint density at radius 1 is 1.18 bits per heavy atom. The zero-order chi connectivity index (χ0) is 27.4. The second kappa shape index (κ2) is 11.6. The van der Waals surface area contributed by atoms with Gasteiger partial charge in [-0.3, -0.25) is 14.9 Å². The smallest absolute Gasteiger partial charge is 0.298 e. The molecule has 1 fully saturated rings. The van der Waals surface area contributed by atoms with Crippen molar-refractivity contribution in [1.29, 1.82) is 0 Å². The first-order valence-electron chi connectivity index (χ1n) is 13.1. The minimum atomic E-state index is -0.264. The first-order valence-corrected chi connectivity index (χ1v) is 13.5. The maximum Gasteiger partial charge on any atom is 0.298 e. The number of nitrogens with zero attached hydrogens (tertiary/aromatic N) is 3. The van der Waals surface area contributed by atoms with E-state index >= 15 is 0 Å². The van der Waals surface area contributed by atoms with Gasteiger partial charge >= 0.3 is 0 Å². The SMILES string of the molecule is CC#CC(=O)N1CCCC(n2c(NC(=O)c3ccc(Cl)cc3)nc3cc(CNC(C)C(C)(C)C)ccc32)C1. The Balaban J connectivity index is 1.68. The van der Waals surface area contributed by atoms with Gasteiger partial charge in [0.1, 0.15) is 0 Å². The number of likely N-dealkylation sites (tertiary alicyclic amines) is 1. The summed E-state index contributed by atoms with van der Waals surface area (Å²) in [7, 11) is 0. The Labute approximate surface area is 229 Å². The van der Waals surface area contributed by atoms with E-state index in [4.69, 9.17) is 16.6 Å². The second-order valence-corrected chi connectivity index (χ2v) is 11.4. The van der Waals surface area contributed by atoms with Gasteiger partial charge in [0.15, 0.2) is 0 Å². The Morgan fingerprint density at radius 2 is 1.92 bits per heavy atom. The topological polar surface area (TPSA) is 79.3 Å². The molecule has 2 heterocycles. The van der Waals surface area contributed by atoms with Crippen LogP contribution in [0.4, 0.5) is 5.95 Å². The molecule has 3 aromatic rings. The van der Waals surface area contributed by atoms with Gasteiger partial charge in [0.05, 0.1) is 17.1 Å². The predicted octanol–water partition coefficient (Wildman–Crippen LogP) is 5.65. The molecule has 1 aliphatic heterocycles. The van der Waals surface area contributed by atoms with Crippen LogP contribution < -0.4 is 10.6 Å². The molecule has 1 aromatic heterocycles. The maximum absolute atomic E-state index is 13.1. The van der Waals surface area contributed by atoms with Crippen molar-refractivity contribution in [3.05, 3.63) is 58.6 Å². The molecule has 2 atom stereocenters. The van der Waals surface area contributed by atoms with Crippen LogP contribution in [0, 0.1) is 17.3 Å². The molecule has 0 radical (unpaired) electrons. The molecular formula is C30H36ClN5O2. The van der Waals surface area contributed by atoms with E-state index in [9.17, 15) is 9.59 Å². The van der Waals surface area contributed by atoms with E-state index in [1.807, 2.05) is 0 Å². The lowest BCUT2D eigenvalue weighted by molar-refractivity contribution is -0.126. The van der Waals surface area contributed by atoms with Crippen LogP contribution >= 0.6 is 11.6 Å². The van der Waals surface area contributed by atoms with Crippen molar-refractivity contribution in [2.45, 2.75) is 66.1 Å². The van der Waals surface area contributed by atoms with Gasteiger partial charge in [0.2, 0.25) is 5.95 Å². The number of piperidine rings is 1. The largest absolute Gasteiger partial charge is 0.330 e. The van der Waals surface area contributed by atoms with Gasteiger partial charge in [-0.05, 0) is 80.0 Å². The Morgan fingerprint density at radius 3 is 2.61 bits per heavy atom. The average Bonchev–Trinajstić information content (AvgIpc) is 3.24. The van der Waals surface area contributed by atoms with Crippen molar-refractivity contribution < 1.29 is 9.59 Å². The number of halogens is 1. The number of carbonyl (C=O) groups is 2.